The van der Waals surface area contributed by atoms with E-state index in [1.165, 1.54) is 20.6 Å². The summed E-state index contributed by atoms with van der Waals surface area (Å²) in [5.74, 6) is -0.337. The maximum absolute atomic E-state index is 11.9. The Kier molecular flexibility index (Phi) is 5.06. The fourth-order valence-electron chi connectivity index (χ4n) is 1.41. The molecule has 0 aliphatic carbocycles. The lowest BCUT2D eigenvalue weighted by molar-refractivity contribution is 0.281. The van der Waals surface area contributed by atoms with E-state index >= 15 is 0 Å². The molecular weight excluding hydrogens is 315 g/mol. The Balaban J connectivity index is 3.22. The highest BCUT2D eigenvalue weighted by Gasteiger charge is 2.29. The van der Waals surface area contributed by atoms with Gasteiger partial charge in [-0.25, -0.2) is 13.0 Å². The molecule has 1 atom stereocenters. The van der Waals surface area contributed by atoms with Crippen molar-refractivity contribution < 1.29 is 22.0 Å². The van der Waals surface area contributed by atoms with Crippen molar-refractivity contribution in [2.24, 2.45) is 7.05 Å². The monoisotopic (exact) mass is 330 g/mol. The first-order chi connectivity index (χ1) is 8.64. The lowest BCUT2D eigenvalue weighted by Crippen LogP contribution is -2.10. The van der Waals surface area contributed by atoms with Crippen molar-refractivity contribution in [1.82, 2.24) is 9.78 Å². The molecule has 1 aromatic rings. The van der Waals surface area contributed by atoms with Gasteiger partial charge < -0.3 is 9.05 Å². The topological polar surface area (TPSA) is 87.5 Å². The van der Waals surface area contributed by atoms with E-state index in [0.29, 0.717) is 0 Å². The summed E-state index contributed by atoms with van der Waals surface area (Å²) >= 11 is 5.93. The van der Waals surface area contributed by atoms with Crippen molar-refractivity contribution >= 4 is 29.0 Å². The largest absolute Gasteiger partial charge is 0.403 e. The minimum atomic E-state index is -3.55. The lowest BCUT2D eigenvalue weighted by atomic mass is 10.7. The molecule has 19 heavy (non-hydrogen) atoms. The summed E-state index contributed by atoms with van der Waals surface area (Å²) in [6.07, 6.45) is 0. The Morgan fingerprint density at radius 2 is 2.00 bits per heavy atom. The van der Waals surface area contributed by atoms with E-state index < -0.39 is 17.4 Å². The molecule has 0 fully saturated rings. The molecule has 1 rings (SSSR count). The molecular formula is C9H16ClN2O5PS. The first kappa shape index (κ1) is 16.5. The number of rotatable bonds is 6. The van der Waals surface area contributed by atoms with Gasteiger partial charge >= 0.3 is 7.60 Å². The van der Waals surface area contributed by atoms with E-state index in [0.717, 1.165) is 4.68 Å². The summed E-state index contributed by atoms with van der Waals surface area (Å²) in [6, 6.07) is 0. The van der Waals surface area contributed by atoms with Gasteiger partial charge in [-0.05, 0) is 6.92 Å². The number of aromatic nitrogens is 2. The summed E-state index contributed by atoms with van der Waals surface area (Å²) in [6.45, 7) is 4.60. The van der Waals surface area contributed by atoms with Gasteiger partial charge in [-0.15, -0.1) is 5.10 Å². The van der Waals surface area contributed by atoms with Gasteiger partial charge in [-0.1, -0.05) is 18.5 Å². The van der Waals surface area contributed by atoms with E-state index in [1.807, 2.05) is 0 Å². The van der Waals surface area contributed by atoms with Gasteiger partial charge in [0, 0.05) is 13.7 Å². The summed E-state index contributed by atoms with van der Waals surface area (Å²) in [5, 5.41) is 3.47. The molecule has 10 heteroatoms. The fourth-order valence-corrected chi connectivity index (χ4v) is 4.06. The smallest absolute Gasteiger partial charge is 0.377 e. The number of halogens is 1. The van der Waals surface area contributed by atoms with Crippen molar-refractivity contribution in [3.05, 3.63) is 5.02 Å². The molecule has 0 saturated heterocycles. The van der Waals surface area contributed by atoms with Gasteiger partial charge in [0.05, 0.1) is 12.4 Å². The molecule has 0 amide bonds. The van der Waals surface area contributed by atoms with Gasteiger partial charge in [0.2, 0.25) is 0 Å². The fraction of sp³-hybridized carbons (Fsp3) is 0.667. The average Bonchev–Trinajstić information content (AvgIpc) is 2.53. The summed E-state index contributed by atoms with van der Waals surface area (Å²) in [5.41, 5.74) is 0. The summed E-state index contributed by atoms with van der Waals surface area (Å²) in [7, 11) is -5.49. The molecule has 1 aromatic heterocycles. The molecule has 0 aliphatic heterocycles. The van der Waals surface area contributed by atoms with Crippen LogP contribution in [-0.2, 0) is 26.0 Å². The normalized spacial score (nSPS) is 15.2. The Morgan fingerprint density at radius 3 is 2.47 bits per heavy atom. The van der Waals surface area contributed by atoms with Gasteiger partial charge in [-0.3, -0.25) is 4.68 Å². The summed E-state index contributed by atoms with van der Waals surface area (Å²) in [4.78, 5) is 0. The molecule has 7 nitrogen and oxygen atoms in total. The Bertz CT molecular complexity index is 612. The third-order valence-electron chi connectivity index (χ3n) is 2.20. The van der Waals surface area contributed by atoms with Crippen LogP contribution < -0.4 is 4.52 Å². The van der Waals surface area contributed by atoms with Gasteiger partial charge in [0.1, 0.15) is 5.02 Å². The van der Waals surface area contributed by atoms with Crippen molar-refractivity contribution in [2.45, 2.75) is 18.9 Å². The second kappa shape index (κ2) is 5.83. The van der Waals surface area contributed by atoms with Crippen LogP contribution in [0, 0.1) is 0 Å². The number of aryl methyl sites for hydroxylation is 1. The highest BCUT2D eigenvalue weighted by atomic mass is 35.5. The maximum Gasteiger partial charge on any atom is 0.377 e. The van der Waals surface area contributed by atoms with E-state index in [2.05, 4.69) is 5.10 Å². The highest BCUT2D eigenvalue weighted by molar-refractivity contribution is 7.91. The highest BCUT2D eigenvalue weighted by Crippen LogP contribution is 2.46. The van der Waals surface area contributed by atoms with Crippen LogP contribution in [-0.4, -0.2) is 37.2 Å². The second-order valence-corrected chi connectivity index (χ2v) is 8.29. The molecule has 0 radical (unpaired) electrons. The van der Waals surface area contributed by atoms with Crippen LogP contribution in [0.1, 0.15) is 13.8 Å². The molecule has 0 saturated carbocycles. The molecule has 0 N–H and O–H groups in total. The standard InChI is InChI=1S/C9H16ClN2O5PS/c1-5-16-18(4,13)17-8-7(10)9(12(3)11-8)19(14,15)6-2/h5-6H2,1-4H3. The third kappa shape index (κ3) is 3.72. The maximum atomic E-state index is 11.9. The number of nitrogens with zero attached hydrogens (tertiary/aromatic N) is 2. The molecule has 0 spiro atoms. The van der Waals surface area contributed by atoms with Crippen LogP contribution in [0.15, 0.2) is 5.03 Å². The van der Waals surface area contributed by atoms with Crippen molar-refractivity contribution in [3.63, 3.8) is 0 Å². The summed E-state index contributed by atoms with van der Waals surface area (Å²) < 4.78 is 46.7. The molecule has 0 bridgehead atoms. The third-order valence-corrected chi connectivity index (χ3v) is 5.70. The zero-order valence-corrected chi connectivity index (χ0v) is 13.6. The van der Waals surface area contributed by atoms with Crippen LogP contribution in [0.25, 0.3) is 0 Å². The Hall–Kier alpha value is -0.560. The molecule has 0 aromatic carbocycles. The van der Waals surface area contributed by atoms with E-state index in [9.17, 15) is 13.0 Å². The Morgan fingerprint density at radius 1 is 1.42 bits per heavy atom. The first-order valence-electron chi connectivity index (χ1n) is 5.51. The van der Waals surface area contributed by atoms with Crippen LogP contribution >= 0.6 is 19.2 Å². The van der Waals surface area contributed by atoms with Gasteiger partial charge in [0.25, 0.3) is 5.88 Å². The van der Waals surface area contributed by atoms with Crippen molar-refractivity contribution in [2.75, 3.05) is 19.0 Å². The quantitative estimate of drug-likeness (QED) is 0.742. The average molecular weight is 331 g/mol. The number of hydrogen-bond acceptors (Lipinski definition) is 6. The minimum Gasteiger partial charge on any atom is -0.403 e. The van der Waals surface area contributed by atoms with E-state index in [-0.39, 0.29) is 28.3 Å². The number of hydrogen-bond donors (Lipinski definition) is 0. The molecule has 1 unspecified atom stereocenters. The first-order valence-corrected chi connectivity index (χ1v) is 9.53. The molecule has 110 valence electrons. The minimum absolute atomic E-state index is 0.124. The predicted octanol–water partition coefficient (Wildman–Crippen LogP) is 2.11. The SMILES string of the molecule is CCOP(C)(=O)Oc1nn(C)c(S(=O)(=O)CC)c1Cl. The van der Waals surface area contributed by atoms with E-state index in [1.54, 1.807) is 6.92 Å². The van der Waals surface area contributed by atoms with Gasteiger partial charge in [-0.2, -0.15) is 0 Å². The van der Waals surface area contributed by atoms with Crippen LogP contribution in [0.2, 0.25) is 5.02 Å². The van der Waals surface area contributed by atoms with E-state index in [4.69, 9.17) is 20.6 Å². The van der Waals surface area contributed by atoms with Crippen LogP contribution in [0.3, 0.4) is 0 Å². The molecule has 0 aliphatic rings. The lowest BCUT2D eigenvalue weighted by Gasteiger charge is -2.11. The van der Waals surface area contributed by atoms with Crippen molar-refractivity contribution in [1.29, 1.82) is 0 Å². The number of sulfone groups is 1. The predicted molar refractivity (Wildman–Crippen MR) is 71.7 cm³/mol. The zero-order chi connectivity index (χ0) is 14.8. The van der Waals surface area contributed by atoms with Gasteiger partial charge in [0.15, 0.2) is 14.9 Å². The zero-order valence-electron chi connectivity index (χ0n) is 11.1. The Labute approximate surface area is 117 Å². The molecule has 1 heterocycles. The second-order valence-electron chi connectivity index (χ2n) is 3.73. The van der Waals surface area contributed by atoms with Crippen molar-refractivity contribution in [3.8, 4) is 5.88 Å². The van der Waals surface area contributed by atoms with Crippen LogP contribution in [0.4, 0.5) is 0 Å². The van der Waals surface area contributed by atoms with Crippen LogP contribution in [0.5, 0.6) is 5.88 Å².